The number of rotatable bonds is 12. The monoisotopic (exact) mass is 503 g/mol. The van der Waals surface area contributed by atoms with Gasteiger partial charge < -0.3 is 4.74 Å². The second kappa shape index (κ2) is 13.5. The number of morpholine rings is 1. The minimum absolute atomic E-state index is 0.197. The highest BCUT2D eigenvalue weighted by molar-refractivity contribution is 5.86. The molecule has 1 saturated heterocycles. The molecular formula is C31H38FN3O2. The summed E-state index contributed by atoms with van der Waals surface area (Å²) in [6.45, 7) is 8.64. The Hall–Kier alpha value is -2.96. The fourth-order valence-corrected chi connectivity index (χ4v) is 5.04. The topological polar surface area (TPSA) is 55.3 Å². The molecule has 0 aliphatic carbocycles. The van der Waals surface area contributed by atoms with Gasteiger partial charge in [0.05, 0.1) is 30.5 Å². The molecule has 0 saturated carbocycles. The maximum atomic E-state index is 13.9. The average Bonchev–Trinajstić information content (AvgIpc) is 2.93. The van der Waals surface area contributed by atoms with Crippen LogP contribution in [-0.4, -0.2) is 53.5 Å². The van der Waals surface area contributed by atoms with E-state index < -0.39 is 0 Å². The predicted molar refractivity (Wildman–Crippen MR) is 146 cm³/mol. The number of hydrogen-bond donors (Lipinski definition) is 0. The highest BCUT2D eigenvalue weighted by atomic mass is 19.1. The van der Waals surface area contributed by atoms with Crippen molar-refractivity contribution in [3.05, 3.63) is 71.9 Å². The molecule has 1 aliphatic heterocycles. The van der Waals surface area contributed by atoms with Crippen LogP contribution >= 0.6 is 0 Å². The average molecular weight is 504 g/mol. The maximum Gasteiger partial charge on any atom is 0.141 e. The molecule has 1 aliphatic rings. The molecule has 3 heterocycles. The van der Waals surface area contributed by atoms with Crippen molar-refractivity contribution in [2.24, 2.45) is 0 Å². The summed E-state index contributed by atoms with van der Waals surface area (Å²) in [7, 11) is 0. The van der Waals surface area contributed by atoms with Crippen LogP contribution in [0.4, 0.5) is 4.39 Å². The first-order chi connectivity index (χ1) is 18.1. The predicted octanol–water partition coefficient (Wildman–Crippen LogP) is 6.60. The third kappa shape index (κ3) is 7.30. The van der Waals surface area contributed by atoms with E-state index in [0.29, 0.717) is 12.0 Å². The Balaban J connectivity index is 1.45. The van der Waals surface area contributed by atoms with Gasteiger partial charge in [-0.2, -0.15) is 0 Å². The van der Waals surface area contributed by atoms with Crippen LogP contribution in [0, 0.1) is 12.7 Å². The summed E-state index contributed by atoms with van der Waals surface area (Å²) in [6.07, 6.45) is 8.94. The fraction of sp³-hybridized carbons (Fsp3) is 0.452. The number of aryl methyl sites for hydroxylation is 1. The number of Topliss-reactive ketones (excluding diaryl/α,β-unsaturated/α-hetero) is 1. The summed E-state index contributed by atoms with van der Waals surface area (Å²) in [5.41, 5.74) is 4.98. The number of aromatic nitrogens is 2. The molecule has 0 spiro atoms. The standard InChI is InChI=1S/C31H38FN3O2/c1-3-8-27(30(36)10-5-4-6-16-35-17-19-37-20-18-35)29-22-24(13-15-33-29)26-9-7-14-34-31(26)25-11-12-28(32)23(2)21-25/h7,9,11-15,21-22,27H,3-6,8,10,16-20H2,1-2H3. The first-order valence-electron chi connectivity index (χ1n) is 13.6. The van der Waals surface area contributed by atoms with Gasteiger partial charge in [-0.15, -0.1) is 0 Å². The number of carbonyl (C=O) groups is 1. The van der Waals surface area contributed by atoms with E-state index >= 15 is 0 Å². The second-order valence-electron chi connectivity index (χ2n) is 9.91. The summed E-state index contributed by atoms with van der Waals surface area (Å²) >= 11 is 0. The van der Waals surface area contributed by atoms with Gasteiger partial charge in [0.1, 0.15) is 11.6 Å². The molecule has 1 fully saturated rings. The molecular weight excluding hydrogens is 465 g/mol. The largest absolute Gasteiger partial charge is 0.379 e. The van der Waals surface area contributed by atoms with E-state index in [1.54, 1.807) is 25.4 Å². The molecule has 0 bridgehead atoms. The Labute approximate surface area is 220 Å². The second-order valence-corrected chi connectivity index (χ2v) is 9.91. The van der Waals surface area contributed by atoms with Crippen LogP contribution < -0.4 is 0 Å². The molecule has 0 radical (unpaired) electrons. The molecule has 5 nitrogen and oxygen atoms in total. The van der Waals surface area contributed by atoms with Crippen LogP contribution in [0.1, 0.15) is 62.6 Å². The number of hydrogen-bond acceptors (Lipinski definition) is 5. The number of pyridine rings is 2. The quantitative estimate of drug-likeness (QED) is 0.261. The van der Waals surface area contributed by atoms with Crippen molar-refractivity contribution in [1.29, 1.82) is 0 Å². The Bertz CT molecular complexity index is 1180. The highest BCUT2D eigenvalue weighted by Gasteiger charge is 2.22. The van der Waals surface area contributed by atoms with Gasteiger partial charge in [0.2, 0.25) is 0 Å². The van der Waals surface area contributed by atoms with E-state index in [9.17, 15) is 9.18 Å². The van der Waals surface area contributed by atoms with Gasteiger partial charge in [-0.05, 0) is 80.3 Å². The zero-order valence-corrected chi connectivity index (χ0v) is 22.1. The minimum Gasteiger partial charge on any atom is -0.379 e. The van der Waals surface area contributed by atoms with E-state index in [2.05, 4.69) is 21.8 Å². The zero-order chi connectivity index (χ0) is 26.0. The minimum atomic E-state index is -0.227. The molecule has 37 heavy (non-hydrogen) atoms. The summed E-state index contributed by atoms with van der Waals surface area (Å²) in [6, 6.07) is 13.0. The third-order valence-electron chi connectivity index (χ3n) is 7.16. The molecule has 2 aromatic heterocycles. The summed E-state index contributed by atoms with van der Waals surface area (Å²) in [4.78, 5) is 25.0. The molecule has 1 aromatic carbocycles. The van der Waals surface area contributed by atoms with E-state index in [4.69, 9.17) is 4.74 Å². The Morgan fingerprint density at radius 1 is 1.03 bits per heavy atom. The SMILES string of the molecule is CCCC(C(=O)CCCCCN1CCOCC1)c1cc(-c2cccnc2-c2ccc(F)c(C)c2)ccn1. The number of ether oxygens (including phenoxy) is 1. The van der Waals surface area contributed by atoms with Gasteiger partial charge in [0.15, 0.2) is 0 Å². The van der Waals surface area contributed by atoms with Crippen LogP contribution in [0.25, 0.3) is 22.4 Å². The Morgan fingerprint density at radius 3 is 2.65 bits per heavy atom. The van der Waals surface area contributed by atoms with E-state index in [-0.39, 0.29) is 17.5 Å². The molecule has 4 rings (SSSR count). The number of carbonyl (C=O) groups excluding carboxylic acids is 1. The van der Waals surface area contributed by atoms with E-state index in [1.807, 2.05) is 30.3 Å². The normalized spacial score (nSPS) is 15.0. The highest BCUT2D eigenvalue weighted by Crippen LogP contribution is 2.33. The van der Waals surface area contributed by atoms with Crippen LogP contribution in [0.2, 0.25) is 0 Å². The van der Waals surface area contributed by atoms with Crippen LogP contribution in [0.5, 0.6) is 0 Å². The van der Waals surface area contributed by atoms with Gasteiger partial charge in [-0.25, -0.2) is 4.39 Å². The van der Waals surface area contributed by atoms with Crippen molar-refractivity contribution in [3.8, 4) is 22.4 Å². The lowest BCUT2D eigenvalue weighted by atomic mass is 9.89. The first kappa shape index (κ1) is 27.1. The van der Waals surface area contributed by atoms with Crippen molar-refractivity contribution in [2.75, 3.05) is 32.8 Å². The third-order valence-corrected chi connectivity index (χ3v) is 7.16. The van der Waals surface area contributed by atoms with Crippen molar-refractivity contribution in [3.63, 3.8) is 0 Å². The molecule has 1 unspecified atom stereocenters. The Morgan fingerprint density at radius 2 is 1.86 bits per heavy atom. The van der Waals surface area contributed by atoms with Gasteiger partial charge in [-0.3, -0.25) is 19.7 Å². The first-order valence-corrected chi connectivity index (χ1v) is 13.6. The van der Waals surface area contributed by atoms with Crippen molar-refractivity contribution in [2.45, 2.75) is 58.3 Å². The van der Waals surface area contributed by atoms with E-state index in [1.165, 1.54) is 6.07 Å². The molecule has 6 heteroatoms. The van der Waals surface area contributed by atoms with Crippen LogP contribution in [0.3, 0.4) is 0 Å². The molecule has 196 valence electrons. The van der Waals surface area contributed by atoms with Crippen LogP contribution in [0.15, 0.2) is 54.9 Å². The number of benzene rings is 1. The fourth-order valence-electron chi connectivity index (χ4n) is 5.04. The van der Waals surface area contributed by atoms with Gasteiger partial charge >= 0.3 is 0 Å². The lowest BCUT2D eigenvalue weighted by Crippen LogP contribution is -2.36. The van der Waals surface area contributed by atoms with Gasteiger partial charge in [-0.1, -0.05) is 25.8 Å². The summed E-state index contributed by atoms with van der Waals surface area (Å²) in [5, 5.41) is 0. The van der Waals surface area contributed by atoms with Gasteiger partial charge in [0, 0.05) is 43.0 Å². The Kier molecular flexibility index (Phi) is 9.92. The van der Waals surface area contributed by atoms with Crippen LogP contribution in [-0.2, 0) is 9.53 Å². The lowest BCUT2D eigenvalue weighted by Gasteiger charge is -2.26. The molecule has 0 amide bonds. The molecule has 3 aromatic rings. The molecule has 0 N–H and O–H groups in total. The number of halogens is 1. The number of nitrogens with zero attached hydrogens (tertiary/aromatic N) is 3. The molecule has 1 atom stereocenters. The van der Waals surface area contributed by atoms with E-state index in [0.717, 1.165) is 93.0 Å². The van der Waals surface area contributed by atoms with Crippen molar-refractivity contribution >= 4 is 5.78 Å². The van der Waals surface area contributed by atoms with Gasteiger partial charge in [0.25, 0.3) is 0 Å². The number of ketones is 1. The summed E-state index contributed by atoms with van der Waals surface area (Å²) < 4.78 is 19.3. The smallest absolute Gasteiger partial charge is 0.141 e. The van der Waals surface area contributed by atoms with Crippen molar-refractivity contribution in [1.82, 2.24) is 14.9 Å². The number of unbranched alkanes of at least 4 members (excludes halogenated alkanes) is 2. The maximum absolute atomic E-state index is 13.9. The van der Waals surface area contributed by atoms with Crippen molar-refractivity contribution < 1.29 is 13.9 Å². The summed E-state index contributed by atoms with van der Waals surface area (Å²) in [5.74, 6) is -0.148. The lowest BCUT2D eigenvalue weighted by molar-refractivity contribution is -0.120. The zero-order valence-electron chi connectivity index (χ0n) is 22.1.